The zero-order valence-electron chi connectivity index (χ0n) is 12.2. The molecule has 1 heterocycles. The van der Waals surface area contributed by atoms with E-state index in [-0.39, 0.29) is 5.97 Å². The summed E-state index contributed by atoms with van der Waals surface area (Å²) in [5, 5.41) is 3.28. The number of fused-ring (bicyclic) bond motifs is 1. The molecule has 1 aromatic carbocycles. The van der Waals surface area contributed by atoms with E-state index in [0.717, 1.165) is 24.0 Å². The molecule has 0 aliphatic heterocycles. The van der Waals surface area contributed by atoms with Crippen LogP contribution in [0.3, 0.4) is 0 Å². The van der Waals surface area contributed by atoms with Gasteiger partial charge in [-0.3, -0.25) is 0 Å². The molecule has 0 fully saturated rings. The molecule has 0 saturated heterocycles. The highest BCUT2D eigenvalue weighted by Gasteiger charge is 2.34. The summed E-state index contributed by atoms with van der Waals surface area (Å²) in [5.41, 5.74) is 1.19. The fourth-order valence-electron chi connectivity index (χ4n) is 2.30. The van der Waals surface area contributed by atoms with Crippen molar-refractivity contribution in [2.24, 2.45) is 0 Å². The fourth-order valence-corrected chi connectivity index (χ4v) is 2.30. The van der Waals surface area contributed by atoms with Gasteiger partial charge in [0.15, 0.2) is 0 Å². The molecule has 5 nitrogen and oxygen atoms in total. The molecule has 0 aliphatic carbocycles. The second-order valence-electron chi connectivity index (χ2n) is 5.11. The van der Waals surface area contributed by atoms with Gasteiger partial charge >= 0.3 is 5.97 Å². The van der Waals surface area contributed by atoms with Gasteiger partial charge in [-0.25, -0.2) is 9.78 Å². The molecule has 1 atom stereocenters. The number of nitrogens with zero attached hydrogens (tertiary/aromatic N) is 2. The van der Waals surface area contributed by atoms with Crippen LogP contribution in [0.4, 0.5) is 0 Å². The number of para-hydroxylation sites is 2. The van der Waals surface area contributed by atoms with Crippen molar-refractivity contribution in [3.63, 3.8) is 0 Å². The average Bonchev–Trinajstić information content (AvgIpc) is 2.87. The van der Waals surface area contributed by atoms with Gasteiger partial charge in [0.25, 0.3) is 0 Å². The number of carbonyl (C=O) groups is 1. The van der Waals surface area contributed by atoms with Crippen molar-refractivity contribution in [3.05, 3.63) is 30.6 Å². The average molecular weight is 275 g/mol. The molecular weight excluding hydrogens is 254 g/mol. The number of methoxy groups -OCH3 is 1. The first-order valence-corrected chi connectivity index (χ1v) is 6.84. The predicted octanol–water partition coefficient (Wildman–Crippen LogP) is 1.97. The summed E-state index contributed by atoms with van der Waals surface area (Å²) in [5.74, 6) is -0.260. The molecule has 0 amide bonds. The van der Waals surface area contributed by atoms with Crippen LogP contribution in [0.5, 0.6) is 0 Å². The SMILES string of the molecule is CCCNC(C)(Cn1cnc2ccccc21)C(=O)OC. The van der Waals surface area contributed by atoms with E-state index in [4.69, 9.17) is 4.74 Å². The van der Waals surface area contributed by atoms with E-state index in [9.17, 15) is 4.79 Å². The lowest BCUT2D eigenvalue weighted by Gasteiger charge is -2.28. The Hall–Kier alpha value is -1.88. The first-order valence-electron chi connectivity index (χ1n) is 6.84. The van der Waals surface area contributed by atoms with Crippen molar-refractivity contribution < 1.29 is 9.53 Å². The van der Waals surface area contributed by atoms with Crippen LogP contribution >= 0.6 is 0 Å². The number of imidazole rings is 1. The highest BCUT2D eigenvalue weighted by atomic mass is 16.5. The number of rotatable bonds is 6. The van der Waals surface area contributed by atoms with Crippen LogP contribution in [-0.2, 0) is 16.1 Å². The number of ether oxygens (including phenoxy) is 1. The molecule has 0 saturated carbocycles. The number of aromatic nitrogens is 2. The van der Waals surface area contributed by atoms with E-state index in [1.165, 1.54) is 7.11 Å². The minimum Gasteiger partial charge on any atom is -0.468 e. The lowest BCUT2D eigenvalue weighted by molar-refractivity contribution is -0.148. The van der Waals surface area contributed by atoms with E-state index < -0.39 is 5.54 Å². The van der Waals surface area contributed by atoms with Gasteiger partial charge in [0, 0.05) is 0 Å². The number of benzene rings is 1. The molecule has 1 N–H and O–H groups in total. The van der Waals surface area contributed by atoms with Crippen LogP contribution < -0.4 is 5.32 Å². The van der Waals surface area contributed by atoms with Crippen LogP contribution in [0.15, 0.2) is 30.6 Å². The molecule has 1 aromatic heterocycles. The molecule has 0 spiro atoms. The summed E-state index contributed by atoms with van der Waals surface area (Å²) < 4.78 is 6.92. The second-order valence-corrected chi connectivity index (χ2v) is 5.11. The first-order chi connectivity index (χ1) is 9.60. The van der Waals surface area contributed by atoms with Crippen molar-refractivity contribution >= 4 is 17.0 Å². The Morgan fingerprint density at radius 3 is 2.90 bits per heavy atom. The van der Waals surface area contributed by atoms with Crippen molar-refractivity contribution in [2.45, 2.75) is 32.4 Å². The van der Waals surface area contributed by atoms with Gasteiger partial charge in [-0.1, -0.05) is 19.1 Å². The maximum Gasteiger partial charge on any atom is 0.327 e. The number of esters is 1. The largest absolute Gasteiger partial charge is 0.468 e. The molecule has 0 radical (unpaired) electrons. The summed E-state index contributed by atoms with van der Waals surface area (Å²) in [7, 11) is 1.42. The van der Waals surface area contributed by atoms with Crippen LogP contribution in [0.1, 0.15) is 20.3 Å². The Morgan fingerprint density at radius 1 is 1.45 bits per heavy atom. The minimum atomic E-state index is -0.756. The number of nitrogens with one attached hydrogen (secondary N) is 1. The van der Waals surface area contributed by atoms with Gasteiger partial charge in [0.05, 0.1) is 31.0 Å². The first kappa shape index (κ1) is 14.5. The standard InChI is InChI=1S/C15H21N3O2/c1-4-9-17-15(2,14(19)20-3)10-18-11-16-12-7-5-6-8-13(12)18/h5-8,11,17H,4,9-10H2,1-3H3. The summed E-state index contributed by atoms with van der Waals surface area (Å²) in [4.78, 5) is 16.4. The Labute approximate surface area is 118 Å². The monoisotopic (exact) mass is 275 g/mol. The van der Waals surface area contributed by atoms with E-state index >= 15 is 0 Å². The van der Waals surface area contributed by atoms with Gasteiger partial charge in [-0.2, -0.15) is 0 Å². The van der Waals surface area contributed by atoms with Crippen molar-refractivity contribution in [2.75, 3.05) is 13.7 Å². The topological polar surface area (TPSA) is 56.2 Å². The third kappa shape index (κ3) is 2.82. The van der Waals surface area contributed by atoms with E-state index in [0.29, 0.717) is 6.54 Å². The van der Waals surface area contributed by atoms with Gasteiger partial charge in [-0.05, 0) is 32.0 Å². The van der Waals surface area contributed by atoms with Crippen molar-refractivity contribution in [1.82, 2.24) is 14.9 Å². The summed E-state index contributed by atoms with van der Waals surface area (Å²) in [6, 6.07) is 7.88. The van der Waals surface area contributed by atoms with Crippen LogP contribution in [0.25, 0.3) is 11.0 Å². The van der Waals surface area contributed by atoms with Crippen LogP contribution in [0, 0.1) is 0 Å². The Kier molecular flexibility index (Phi) is 4.39. The summed E-state index contributed by atoms with van der Waals surface area (Å²) in [6.07, 6.45) is 2.72. The lowest BCUT2D eigenvalue weighted by Crippen LogP contribution is -2.53. The van der Waals surface area contributed by atoms with E-state index in [1.807, 2.05) is 35.8 Å². The second kappa shape index (κ2) is 6.05. The smallest absolute Gasteiger partial charge is 0.327 e. The van der Waals surface area contributed by atoms with Crippen LogP contribution in [0.2, 0.25) is 0 Å². The molecule has 0 aliphatic rings. The zero-order valence-corrected chi connectivity index (χ0v) is 12.2. The van der Waals surface area contributed by atoms with Gasteiger partial charge < -0.3 is 14.6 Å². The molecule has 2 aromatic rings. The number of hydrogen-bond acceptors (Lipinski definition) is 4. The van der Waals surface area contributed by atoms with Gasteiger partial charge in [0.1, 0.15) is 5.54 Å². The molecule has 20 heavy (non-hydrogen) atoms. The highest BCUT2D eigenvalue weighted by Crippen LogP contribution is 2.17. The van der Waals surface area contributed by atoms with E-state index in [2.05, 4.69) is 17.2 Å². The summed E-state index contributed by atoms with van der Waals surface area (Å²) >= 11 is 0. The maximum absolute atomic E-state index is 12.1. The molecule has 2 rings (SSSR count). The van der Waals surface area contributed by atoms with Crippen molar-refractivity contribution in [1.29, 1.82) is 0 Å². The minimum absolute atomic E-state index is 0.260. The molecule has 5 heteroatoms. The highest BCUT2D eigenvalue weighted by molar-refractivity contribution is 5.81. The Morgan fingerprint density at radius 2 is 2.20 bits per heavy atom. The Balaban J connectivity index is 2.29. The third-order valence-electron chi connectivity index (χ3n) is 3.42. The maximum atomic E-state index is 12.1. The third-order valence-corrected chi connectivity index (χ3v) is 3.42. The van der Waals surface area contributed by atoms with Crippen LogP contribution in [-0.4, -0.2) is 34.7 Å². The molecule has 1 unspecified atom stereocenters. The summed E-state index contributed by atoms with van der Waals surface area (Å²) in [6.45, 7) is 5.18. The quantitative estimate of drug-likeness (QED) is 0.819. The van der Waals surface area contributed by atoms with Gasteiger partial charge in [-0.15, -0.1) is 0 Å². The molecule has 0 bridgehead atoms. The fraction of sp³-hybridized carbons (Fsp3) is 0.467. The molecular formula is C15H21N3O2. The van der Waals surface area contributed by atoms with Crippen molar-refractivity contribution in [3.8, 4) is 0 Å². The van der Waals surface area contributed by atoms with E-state index in [1.54, 1.807) is 6.33 Å². The number of carbonyl (C=O) groups excluding carboxylic acids is 1. The lowest BCUT2D eigenvalue weighted by atomic mass is 10.0. The predicted molar refractivity (Wildman–Crippen MR) is 78.4 cm³/mol. The number of hydrogen-bond donors (Lipinski definition) is 1. The molecule has 108 valence electrons. The van der Waals surface area contributed by atoms with Gasteiger partial charge in [0.2, 0.25) is 0 Å². The zero-order chi connectivity index (χ0) is 14.6. The Bertz CT molecular complexity index is 594. The normalized spacial score (nSPS) is 14.2.